The molecule has 1 aliphatic rings. The third-order valence-corrected chi connectivity index (χ3v) is 3.75. The van der Waals surface area contributed by atoms with Gasteiger partial charge in [-0.2, -0.15) is 8.42 Å². The van der Waals surface area contributed by atoms with Crippen molar-refractivity contribution in [1.29, 1.82) is 0 Å². The largest absolute Gasteiger partial charge is 0.454 e. The maximum absolute atomic E-state index is 11.1. The van der Waals surface area contributed by atoms with Crippen LogP contribution in [0.2, 0.25) is 0 Å². The summed E-state index contributed by atoms with van der Waals surface area (Å²) in [7, 11) is -4.43. The van der Waals surface area contributed by atoms with Gasteiger partial charge in [0, 0.05) is 0 Å². The van der Waals surface area contributed by atoms with Gasteiger partial charge >= 0.3 is 0 Å². The molecule has 1 aromatic rings. The highest BCUT2D eigenvalue weighted by atomic mass is 32.2. The van der Waals surface area contributed by atoms with E-state index in [9.17, 15) is 18.5 Å². The normalized spacial score (nSPS) is 15.4. The molecule has 1 aromatic carbocycles. The van der Waals surface area contributed by atoms with Crippen LogP contribution >= 0.6 is 0 Å². The van der Waals surface area contributed by atoms with E-state index in [1.807, 2.05) is 0 Å². The van der Waals surface area contributed by atoms with Gasteiger partial charge < -0.3 is 9.47 Å². The average molecular weight is 275 g/mol. The van der Waals surface area contributed by atoms with Gasteiger partial charge in [-0.25, -0.2) is 0 Å². The predicted molar refractivity (Wildman–Crippen MR) is 59.2 cm³/mol. The zero-order valence-electron chi connectivity index (χ0n) is 9.19. The summed E-state index contributed by atoms with van der Waals surface area (Å²) in [6.45, 7) is 1.07. The highest BCUT2D eigenvalue weighted by Gasteiger charge is 2.31. The van der Waals surface area contributed by atoms with Gasteiger partial charge in [-0.3, -0.25) is 14.7 Å². The summed E-state index contributed by atoms with van der Waals surface area (Å²) in [5.74, 6) is 0.388. The zero-order chi connectivity index (χ0) is 13.5. The van der Waals surface area contributed by atoms with Crippen molar-refractivity contribution in [2.75, 3.05) is 6.79 Å². The van der Waals surface area contributed by atoms with Crippen molar-refractivity contribution >= 4 is 15.8 Å². The van der Waals surface area contributed by atoms with Gasteiger partial charge in [0.25, 0.3) is 15.8 Å². The Morgan fingerprint density at radius 2 is 1.94 bits per heavy atom. The van der Waals surface area contributed by atoms with Crippen molar-refractivity contribution in [3.63, 3.8) is 0 Å². The molecule has 0 bridgehead atoms. The van der Waals surface area contributed by atoms with Gasteiger partial charge in [0.15, 0.2) is 11.5 Å². The maximum atomic E-state index is 11.1. The number of nitro benzene ring substituents is 1. The number of hydrogen-bond acceptors (Lipinski definition) is 6. The monoisotopic (exact) mass is 275 g/mol. The molecular weight excluding hydrogens is 266 g/mol. The van der Waals surface area contributed by atoms with Crippen molar-refractivity contribution in [1.82, 2.24) is 0 Å². The Kier molecular flexibility index (Phi) is 2.87. The molecule has 8 nitrogen and oxygen atoms in total. The molecule has 1 atom stereocenters. The second-order valence-electron chi connectivity index (χ2n) is 3.68. The lowest BCUT2D eigenvalue weighted by Gasteiger charge is -2.09. The highest BCUT2D eigenvalue weighted by Crippen LogP contribution is 2.41. The molecule has 18 heavy (non-hydrogen) atoms. The first-order valence-corrected chi connectivity index (χ1v) is 6.35. The second-order valence-corrected chi connectivity index (χ2v) is 5.42. The van der Waals surface area contributed by atoms with Gasteiger partial charge in [0.1, 0.15) is 5.25 Å². The third-order valence-electron chi connectivity index (χ3n) is 2.60. The summed E-state index contributed by atoms with van der Waals surface area (Å²) < 4.78 is 41.1. The van der Waals surface area contributed by atoms with Crippen molar-refractivity contribution in [3.8, 4) is 11.5 Å². The first-order chi connectivity index (χ1) is 8.30. The Bertz CT molecular complexity index is 610. The Morgan fingerprint density at radius 3 is 2.44 bits per heavy atom. The van der Waals surface area contributed by atoms with Crippen LogP contribution in [0.25, 0.3) is 0 Å². The van der Waals surface area contributed by atoms with Crippen LogP contribution in [0.4, 0.5) is 5.69 Å². The van der Waals surface area contributed by atoms with E-state index in [1.54, 1.807) is 0 Å². The van der Waals surface area contributed by atoms with Gasteiger partial charge in [-0.05, 0) is 13.0 Å². The maximum Gasteiger partial charge on any atom is 0.277 e. The number of benzene rings is 1. The van der Waals surface area contributed by atoms with Crippen LogP contribution in [0.1, 0.15) is 17.7 Å². The SMILES string of the molecule is CC(c1cc2c(cc1[N+](=O)[O-])OCO2)S(=O)(=O)O. The minimum atomic E-state index is -4.43. The summed E-state index contributed by atoms with van der Waals surface area (Å²) in [5, 5.41) is 9.46. The fourth-order valence-electron chi connectivity index (χ4n) is 1.59. The fourth-order valence-corrected chi connectivity index (χ4v) is 2.10. The molecule has 1 aliphatic heterocycles. The Labute approximate surface area is 102 Å². The van der Waals surface area contributed by atoms with Crippen molar-refractivity contribution in [3.05, 3.63) is 27.8 Å². The van der Waals surface area contributed by atoms with Crippen molar-refractivity contribution < 1.29 is 27.4 Å². The lowest BCUT2D eigenvalue weighted by molar-refractivity contribution is -0.385. The van der Waals surface area contributed by atoms with Crippen LogP contribution in [0.15, 0.2) is 12.1 Å². The summed E-state index contributed by atoms with van der Waals surface area (Å²) in [5.41, 5.74) is -0.587. The van der Waals surface area contributed by atoms with Crippen LogP contribution in [0, 0.1) is 10.1 Å². The van der Waals surface area contributed by atoms with E-state index in [-0.39, 0.29) is 23.9 Å². The molecule has 0 aromatic heterocycles. The topological polar surface area (TPSA) is 116 Å². The van der Waals surface area contributed by atoms with Crippen molar-refractivity contribution in [2.45, 2.75) is 12.2 Å². The minimum Gasteiger partial charge on any atom is -0.454 e. The summed E-state index contributed by atoms with van der Waals surface area (Å²) in [6, 6.07) is 2.28. The number of hydrogen-bond donors (Lipinski definition) is 1. The van der Waals surface area contributed by atoms with Crippen LogP contribution < -0.4 is 9.47 Å². The molecule has 1 heterocycles. The van der Waals surface area contributed by atoms with Crippen LogP contribution in [0.5, 0.6) is 11.5 Å². The molecule has 1 unspecified atom stereocenters. The van der Waals surface area contributed by atoms with Gasteiger partial charge in [-0.15, -0.1) is 0 Å². The van der Waals surface area contributed by atoms with E-state index < -0.39 is 26.0 Å². The smallest absolute Gasteiger partial charge is 0.277 e. The third kappa shape index (κ3) is 2.09. The standard InChI is InChI=1S/C9H9NO7S/c1-5(18(13,14)15)6-2-8-9(17-4-16-8)3-7(6)10(11)12/h2-3,5H,4H2,1H3,(H,13,14,15). The Balaban J connectivity index is 2.62. The molecule has 0 saturated carbocycles. The fraction of sp³-hybridized carbons (Fsp3) is 0.333. The highest BCUT2D eigenvalue weighted by molar-refractivity contribution is 7.86. The van der Waals surface area contributed by atoms with E-state index in [4.69, 9.17) is 14.0 Å². The van der Waals surface area contributed by atoms with Crippen LogP contribution in [-0.4, -0.2) is 24.7 Å². The van der Waals surface area contributed by atoms with Gasteiger partial charge in [0.05, 0.1) is 16.6 Å². The van der Waals surface area contributed by atoms with E-state index in [0.29, 0.717) is 0 Å². The van der Waals surface area contributed by atoms with Crippen LogP contribution in [0.3, 0.4) is 0 Å². The Morgan fingerprint density at radius 1 is 1.39 bits per heavy atom. The average Bonchev–Trinajstić information content (AvgIpc) is 2.71. The quantitative estimate of drug-likeness (QED) is 0.501. The predicted octanol–water partition coefficient (Wildman–Crippen LogP) is 1.27. The van der Waals surface area contributed by atoms with E-state index >= 15 is 0 Å². The molecule has 2 rings (SSSR count). The van der Waals surface area contributed by atoms with E-state index in [0.717, 1.165) is 13.0 Å². The van der Waals surface area contributed by atoms with Gasteiger partial charge in [-0.1, -0.05) is 0 Å². The lowest BCUT2D eigenvalue weighted by Crippen LogP contribution is -2.10. The molecule has 0 spiro atoms. The molecule has 1 N–H and O–H groups in total. The number of ether oxygens (including phenoxy) is 2. The minimum absolute atomic E-state index is 0.0871. The molecule has 98 valence electrons. The first-order valence-electron chi connectivity index (χ1n) is 4.85. The molecular formula is C9H9NO7S. The van der Waals surface area contributed by atoms with Gasteiger partial charge in [0.2, 0.25) is 6.79 Å². The second kappa shape index (κ2) is 4.10. The molecule has 0 saturated heterocycles. The van der Waals surface area contributed by atoms with Crippen molar-refractivity contribution in [2.24, 2.45) is 0 Å². The summed E-state index contributed by atoms with van der Waals surface area (Å²) in [6.07, 6.45) is 0. The molecule has 0 amide bonds. The van der Waals surface area contributed by atoms with E-state index in [1.165, 1.54) is 6.07 Å². The molecule has 0 fully saturated rings. The zero-order valence-corrected chi connectivity index (χ0v) is 10.0. The number of nitro groups is 1. The lowest BCUT2D eigenvalue weighted by atomic mass is 10.1. The van der Waals surface area contributed by atoms with E-state index in [2.05, 4.69) is 0 Å². The molecule has 0 radical (unpaired) electrons. The Hall–Kier alpha value is -1.87. The number of rotatable bonds is 3. The number of nitrogens with zero attached hydrogens (tertiary/aromatic N) is 1. The molecule has 0 aliphatic carbocycles. The number of fused-ring (bicyclic) bond motifs is 1. The summed E-state index contributed by atoms with van der Waals surface area (Å²) in [4.78, 5) is 10.1. The molecule has 9 heteroatoms. The first kappa shape index (κ1) is 12.6. The summed E-state index contributed by atoms with van der Waals surface area (Å²) >= 11 is 0. The van der Waals surface area contributed by atoms with Crippen LogP contribution in [-0.2, 0) is 10.1 Å².